The molecule has 0 unspecified atom stereocenters. The van der Waals surface area contributed by atoms with E-state index in [0.29, 0.717) is 13.1 Å². The minimum atomic E-state index is -2.81. The fourth-order valence-corrected chi connectivity index (χ4v) is 5.47. The molecule has 7 heteroatoms. The number of benzene rings is 1. The number of rotatable bonds is 6. The Hall–Kier alpha value is -1.60. The molecule has 2 aliphatic rings. The number of hydrogen-bond acceptors (Lipinski definition) is 4. The van der Waals surface area contributed by atoms with Crippen molar-refractivity contribution in [2.24, 2.45) is 4.99 Å². The van der Waals surface area contributed by atoms with Gasteiger partial charge in [0.1, 0.15) is 0 Å². The monoisotopic (exact) mass is 392 g/mol. The van der Waals surface area contributed by atoms with E-state index < -0.39 is 9.84 Å². The summed E-state index contributed by atoms with van der Waals surface area (Å²) in [6, 6.07) is 10.8. The van der Waals surface area contributed by atoms with Crippen molar-refractivity contribution in [1.29, 1.82) is 0 Å². The molecule has 150 valence electrons. The van der Waals surface area contributed by atoms with Gasteiger partial charge in [0.2, 0.25) is 0 Å². The third kappa shape index (κ3) is 5.45. The number of nitrogens with zero attached hydrogens (tertiary/aromatic N) is 2. The molecule has 1 aromatic carbocycles. The fraction of sp³-hybridized carbons (Fsp3) is 0.650. The van der Waals surface area contributed by atoms with Gasteiger partial charge in [-0.05, 0) is 18.4 Å². The average Bonchev–Trinajstić information content (AvgIpc) is 3.16. The zero-order valence-corrected chi connectivity index (χ0v) is 17.1. The summed E-state index contributed by atoms with van der Waals surface area (Å²) in [7, 11) is -1.01. The minimum Gasteiger partial charge on any atom is -0.356 e. The van der Waals surface area contributed by atoms with Crippen LogP contribution in [-0.4, -0.2) is 70.6 Å². The molecule has 6 nitrogen and oxygen atoms in total. The SMILES string of the molecule is CN=C(NCCN1CCS(=O)(=O)CC1)NCC1(c2ccccc2)CCCC1. The second-order valence-corrected chi connectivity index (χ2v) is 10.0. The van der Waals surface area contributed by atoms with Crippen LogP contribution in [0.5, 0.6) is 0 Å². The van der Waals surface area contributed by atoms with Gasteiger partial charge in [0, 0.05) is 45.2 Å². The van der Waals surface area contributed by atoms with Crippen molar-refractivity contribution in [1.82, 2.24) is 15.5 Å². The van der Waals surface area contributed by atoms with Crippen LogP contribution >= 0.6 is 0 Å². The third-order valence-electron chi connectivity index (χ3n) is 5.92. The van der Waals surface area contributed by atoms with Crippen molar-refractivity contribution >= 4 is 15.8 Å². The van der Waals surface area contributed by atoms with Crippen molar-refractivity contribution in [2.45, 2.75) is 31.1 Å². The fourth-order valence-electron chi connectivity index (χ4n) is 4.19. The Kier molecular flexibility index (Phi) is 6.76. The molecule has 0 spiro atoms. The van der Waals surface area contributed by atoms with E-state index in [1.54, 1.807) is 7.05 Å². The smallest absolute Gasteiger partial charge is 0.191 e. The molecular weight excluding hydrogens is 360 g/mol. The Bertz CT molecular complexity index is 714. The van der Waals surface area contributed by atoms with Gasteiger partial charge in [-0.25, -0.2) is 8.42 Å². The molecule has 3 rings (SSSR count). The van der Waals surface area contributed by atoms with Gasteiger partial charge in [0.15, 0.2) is 15.8 Å². The Balaban J connectivity index is 1.47. The maximum absolute atomic E-state index is 11.5. The van der Waals surface area contributed by atoms with Gasteiger partial charge >= 0.3 is 0 Å². The van der Waals surface area contributed by atoms with E-state index in [4.69, 9.17) is 0 Å². The van der Waals surface area contributed by atoms with E-state index in [9.17, 15) is 8.42 Å². The molecular formula is C20H32N4O2S. The summed E-state index contributed by atoms with van der Waals surface area (Å²) in [4.78, 5) is 6.56. The molecule has 1 aliphatic carbocycles. The minimum absolute atomic E-state index is 0.195. The average molecular weight is 393 g/mol. The summed E-state index contributed by atoms with van der Waals surface area (Å²) in [6.07, 6.45) is 4.98. The van der Waals surface area contributed by atoms with Gasteiger partial charge in [0.05, 0.1) is 11.5 Å². The number of guanidine groups is 1. The van der Waals surface area contributed by atoms with E-state index in [-0.39, 0.29) is 16.9 Å². The Morgan fingerprint density at radius 3 is 2.41 bits per heavy atom. The normalized spacial score (nSPS) is 22.5. The first-order chi connectivity index (χ1) is 13.0. The highest BCUT2D eigenvalue weighted by molar-refractivity contribution is 7.91. The van der Waals surface area contributed by atoms with Gasteiger partial charge in [0.25, 0.3) is 0 Å². The molecule has 1 aliphatic heterocycles. The number of hydrogen-bond donors (Lipinski definition) is 2. The Morgan fingerprint density at radius 1 is 1.11 bits per heavy atom. The van der Waals surface area contributed by atoms with E-state index in [2.05, 4.69) is 50.9 Å². The van der Waals surface area contributed by atoms with E-state index >= 15 is 0 Å². The molecule has 1 saturated heterocycles. The first kappa shape index (κ1) is 20.1. The summed E-state index contributed by atoms with van der Waals surface area (Å²) >= 11 is 0. The lowest BCUT2D eigenvalue weighted by Crippen LogP contribution is -2.48. The molecule has 1 heterocycles. The van der Waals surface area contributed by atoms with Crippen molar-refractivity contribution in [3.05, 3.63) is 35.9 Å². The van der Waals surface area contributed by atoms with Crippen LogP contribution in [-0.2, 0) is 15.3 Å². The van der Waals surface area contributed by atoms with E-state index in [0.717, 1.165) is 25.6 Å². The van der Waals surface area contributed by atoms with Crippen molar-refractivity contribution in [3.8, 4) is 0 Å². The van der Waals surface area contributed by atoms with Crippen LogP contribution in [0.25, 0.3) is 0 Å². The van der Waals surface area contributed by atoms with Crippen LogP contribution in [0, 0.1) is 0 Å². The number of nitrogens with one attached hydrogen (secondary N) is 2. The zero-order chi connectivity index (χ0) is 19.2. The maximum atomic E-state index is 11.5. The lowest BCUT2D eigenvalue weighted by atomic mass is 9.79. The van der Waals surface area contributed by atoms with Gasteiger partial charge in [-0.15, -0.1) is 0 Å². The first-order valence-electron chi connectivity index (χ1n) is 9.96. The molecule has 0 amide bonds. The van der Waals surface area contributed by atoms with Crippen LogP contribution in [0.2, 0.25) is 0 Å². The second kappa shape index (κ2) is 9.06. The summed E-state index contributed by atoms with van der Waals surface area (Å²) < 4.78 is 23.0. The van der Waals surface area contributed by atoms with Crippen LogP contribution in [0.3, 0.4) is 0 Å². The largest absolute Gasteiger partial charge is 0.356 e. The molecule has 2 fully saturated rings. The van der Waals surface area contributed by atoms with Crippen LogP contribution in [0.15, 0.2) is 35.3 Å². The molecule has 2 N–H and O–H groups in total. The lowest BCUT2D eigenvalue weighted by Gasteiger charge is -2.31. The molecule has 0 bridgehead atoms. The first-order valence-corrected chi connectivity index (χ1v) is 11.8. The van der Waals surface area contributed by atoms with Gasteiger partial charge in [-0.3, -0.25) is 9.89 Å². The van der Waals surface area contributed by atoms with Gasteiger partial charge in [-0.2, -0.15) is 0 Å². The summed E-state index contributed by atoms with van der Waals surface area (Å²) in [5, 5.41) is 6.90. The highest BCUT2D eigenvalue weighted by atomic mass is 32.2. The van der Waals surface area contributed by atoms with E-state index in [1.807, 2.05) is 0 Å². The molecule has 27 heavy (non-hydrogen) atoms. The predicted octanol–water partition coefficient (Wildman–Crippen LogP) is 1.39. The molecule has 1 saturated carbocycles. The summed E-state index contributed by atoms with van der Waals surface area (Å²) in [5.41, 5.74) is 1.61. The lowest BCUT2D eigenvalue weighted by molar-refractivity contribution is 0.299. The van der Waals surface area contributed by atoms with Crippen LogP contribution < -0.4 is 10.6 Å². The van der Waals surface area contributed by atoms with Gasteiger partial charge in [-0.1, -0.05) is 43.2 Å². The standard InChI is InChI=1S/C20H32N4O2S/c1-21-19(22-11-12-24-13-15-27(25,26)16-14-24)23-17-20(9-5-6-10-20)18-7-3-2-4-8-18/h2-4,7-8H,5-6,9-17H2,1H3,(H2,21,22,23). The van der Waals surface area contributed by atoms with E-state index in [1.165, 1.54) is 31.2 Å². The molecule has 0 radical (unpaired) electrons. The highest BCUT2D eigenvalue weighted by Crippen LogP contribution is 2.40. The van der Waals surface area contributed by atoms with Crippen LogP contribution in [0.1, 0.15) is 31.2 Å². The zero-order valence-electron chi connectivity index (χ0n) is 16.3. The topological polar surface area (TPSA) is 73.8 Å². The Labute approximate surface area is 163 Å². The Morgan fingerprint density at radius 2 is 1.78 bits per heavy atom. The highest BCUT2D eigenvalue weighted by Gasteiger charge is 2.35. The van der Waals surface area contributed by atoms with Crippen molar-refractivity contribution < 1.29 is 8.42 Å². The number of aliphatic imine (C=N–C) groups is 1. The molecule has 0 aromatic heterocycles. The quantitative estimate of drug-likeness (QED) is 0.565. The summed E-state index contributed by atoms with van der Waals surface area (Å²) in [6.45, 7) is 3.75. The van der Waals surface area contributed by atoms with Crippen LogP contribution in [0.4, 0.5) is 0 Å². The molecule has 1 aromatic rings. The van der Waals surface area contributed by atoms with Crippen molar-refractivity contribution in [3.63, 3.8) is 0 Å². The van der Waals surface area contributed by atoms with Gasteiger partial charge < -0.3 is 10.6 Å². The second-order valence-electron chi connectivity index (χ2n) is 7.70. The third-order valence-corrected chi connectivity index (χ3v) is 7.53. The number of sulfone groups is 1. The van der Waals surface area contributed by atoms with Crippen molar-refractivity contribution in [2.75, 3.05) is 51.3 Å². The maximum Gasteiger partial charge on any atom is 0.191 e. The predicted molar refractivity (Wildman–Crippen MR) is 111 cm³/mol. The molecule has 0 atom stereocenters. The summed E-state index contributed by atoms with van der Waals surface area (Å²) in [5.74, 6) is 1.38.